The van der Waals surface area contributed by atoms with Gasteiger partial charge in [-0.15, -0.1) is 6.58 Å². The van der Waals surface area contributed by atoms with Gasteiger partial charge in [-0.1, -0.05) is 6.08 Å². The number of rotatable bonds is 5. The summed E-state index contributed by atoms with van der Waals surface area (Å²) in [6, 6.07) is -1.04. The van der Waals surface area contributed by atoms with Crippen molar-refractivity contribution in [3.8, 4) is 0 Å². The third kappa shape index (κ3) is 4.03. The number of likely N-dealkylation sites (tertiary alicyclic amines) is 1. The maximum atomic E-state index is 12.4. The van der Waals surface area contributed by atoms with E-state index in [2.05, 4.69) is 6.58 Å². The van der Waals surface area contributed by atoms with Crippen LogP contribution in [0.15, 0.2) is 12.7 Å². The van der Waals surface area contributed by atoms with Crippen molar-refractivity contribution in [3.05, 3.63) is 12.7 Å². The number of hydrogen-bond donors (Lipinski definition) is 2. The molecule has 1 heterocycles. The molecule has 132 valence electrons. The minimum Gasteiger partial charge on any atom is -0.467 e. The fourth-order valence-electron chi connectivity index (χ4n) is 3.07. The van der Waals surface area contributed by atoms with E-state index in [4.69, 9.17) is 9.47 Å². The van der Waals surface area contributed by atoms with Crippen molar-refractivity contribution in [3.63, 3.8) is 0 Å². The highest BCUT2D eigenvalue weighted by molar-refractivity contribution is 5.83. The van der Waals surface area contributed by atoms with Crippen LogP contribution < -0.4 is 0 Å². The summed E-state index contributed by atoms with van der Waals surface area (Å²) >= 11 is 0. The van der Waals surface area contributed by atoms with Crippen LogP contribution in [0.25, 0.3) is 0 Å². The molecule has 1 rings (SSSR count). The van der Waals surface area contributed by atoms with Crippen LogP contribution >= 0.6 is 0 Å². The molecule has 7 nitrogen and oxygen atoms in total. The smallest absolute Gasteiger partial charge is 0.411 e. The van der Waals surface area contributed by atoms with Crippen molar-refractivity contribution in [2.24, 2.45) is 5.41 Å². The number of methoxy groups -OCH3 is 1. The van der Waals surface area contributed by atoms with Crippen LogP contribution in [0.4, 0.5) is 4.79 Å². The molecule has 1 amide bonds. The van der Waals surface area contributed by atoms with Crippen LogP contribution in [0.1, 0.15) is 33.6 Å². The molecule has 1 aliphatic rings. The van der Waals surface area contributed by atoms with Crippen molar-refractivity contribution >= 4 is 12.1 Å². The number of ether oxygens (including phenoxy) is 2. The zero-order valence-corrected chi connectivity index (χ0v) is 14.2. The number of aliphatic hydroxyl groups excluding tert-OH is 2. The van der Waals surface area contributed by atoms with Crippen LogP contribution in [0.3, 0.4) is 0 Å². The van der Waals surface area contributed by atoms with E-state index >= 15 is 0 Å². The minimum absolute atomic E-state index is 0.0669. The number of amides is 1. The number of allylic oxidation sites excluding steroid dienone is 1. The second-order valence-corrected chi connectivity index (χ2v) is 6.77. The number of β-amino-alcohol motifs (C(OH)–C–C–N with tert-alkyl or cyclic N) is 1. The topological polar surface area (TPSA) is 96.3 Å². The van der Waals surface area contributed by atoms with E-state index in [9.17, 15) is 19.8 Å². The summed E-state index contributed by atoms with van der Waals surface area (Å²) in [5.41, 5.74) is -1.77. The van der Waals surface area contributed by atoms with Crippen molar-refractivity contribution in [1.82, 2.24) is 4.90 Å². The Labute approximate surface area is 136 Å². The van der Waals surface area contributed by atoms with Crippen molar-refractivity contribution in [2.75, 3.05) is 20.3 Å². The monoisotopic (exact) mass is 329 g/mol. The summed E-state index contributed by atoms with van der Waals surface area (Å²) in [6.07, 6.45) is 0.264. The molecule has 1 fully saturated rings. The first-order valence-corrected chi connectivity index (χ1v) is 7.60. The Kier molecular flexibility index (Phi) is 6.18. The predicted octanol–water partition coefficient (Wildman–Crippen LogP) is 1.08. The van der Waals surface area contributed by atoms with E-state index in [-0.39, 0.29) is 26.0 Å². The van der Waals surface area contributed by atoms with E-state index in [1.165, 1.54) is 12.0 Å². The van der Waals surface area contributed by atoms with E-state index < -0.39 is 35.2 Å². The lowest BCUT2D eigenvalue weighted by molar-refractivity contribution is -0.151. The summed E-state index contributed by atoms with van der Waals surface area (Å²) < 4.78 is 10.1. The van der Waals surface area contributed by atoms with Gasteiger partial charge < -0.3 is 19.7 Å². The first-order valence-electron chi connectivity index (χ1n) is 7.60. The second kappa shape index (κ2) is 7.31. The number of aliphatic hydroxyl groups is 2. The van der Waals surface area contributed by atoms with Gasteiger partial charge in [0, 0.05) is 12.0 Å². The van der Waals surface area contributed by atoms with Crippen LogP contribution in [0.2, 0.25) is 0 Å². The molecule has 0 aromatic rings. The molecule has 0 unspecified atom stereocenters. The first-order chi connectivity index (χ1) is 10.6. The molecule has 0 bridgehead atoms. The minimum atomic E-state index is -1.04. The first kappa shape index (κ1) is 19.4. The third-order valence-corrected chi connectivity index (χ3v) is 4.04. The van der Waals surface area contributed by atoms with Crippen LogP contribution in [0.5, 0.6) is 0 Å². The number of hydrogen-bond acceptors (Lipinski definition) is 6. The summed E-state index contributed by atoms with van der Waals surface area (Å²) in [7, 11) is 1.22. The number of nitrogens with zero attached hydrogens (tertiary/aromatic N) is 1. The zero-order valence-electron chi connectivity index (χ0n) is 14.2. The highest BCUT2D eigenvalue weighted by Gasteiger charge is 2.58. The normalized spacial score (nSPS) is 27.7. The summed E-state index contributed by atoms with van der Waals surface area (Å²) in [5, 5.41) is 19.9. The van der Waals surface area contributed by atoms with Gasteiger partial charge in [0.1, 0.15) is 11.6 Å². The molecule has 0 radical (unpaired) electrons. The summed E-state index contributed by atoms with van der Waals surface area (Å²) in [4.78, 5) is 25.9. The Balaban J connectivity index is 3.24. The van der Waals surface area contributed by atoms with Crippen molar-refractivity contribution < 1.29 is 29.3 Å². The van der Waals surface area contributed by atoms with Crippen LogP contribution in [-0.2, 0) is 14.3 Å². The maximum Gasteiger partial charge on any atom is 0.411 e. The van der Waals surface area contributed by atoms with Gasteiger partial charge in [-0.2, -0.15) is 0 Å². The van der Waals surface area contributed by atoms with Gasteiger partial charge >= 0.3 is 12.1 Å². The second-order valence-electron chi connectivity index (χ2n) is 6.77. The molecular formula is C16H27NO6. The number of carbonyl (C=O) groups excluding carboxylic acids is 2. The van der Waals surface area contributed by atoms with Crippen molar-refractivity contribution in [1.29, 1.82) is 0 Å². The van der Waals surface area contributed by atoms with Crippen molar-refractivity contribution in [2.45, 2.75) is 51.4 Å². The molecule has 7 heteroatoms. The lowest BCUT2D eigenvalue weighted by Gasteiger charge is -2.36. The Bertz CT molecular complexity index is 458. The average molecular weight is 329 g/mol. The van der Waals surface area contributed by atoms with Gasteiger partial charge in [-0.05, 0) is 33.6 Å². The molecule has 0 saturated carbocycles. The average Bonchev–Trinajstić information content (AvgIpc) is 2.71. The Morgan fingerprint density at radius 1 is 1.43 bits per heavy atom. The Morgan fingerprint density at radius 2 is 2.04 bits per heavy atom. The molecule has 1 saturated heterocycles. The van der Waals surface area contributed by atoms with Gasteiger partial charge in [0.25, 0.3) is 0 Å². The highest BCUT2D eigenvalue weighted by Crippen LogP contribution is 2.44. The molecule has 2 N–H and O–H groups in total. The Morgan fingerprint density at radius 3 is 2.48 bits per heavy atom. The molecule has 0 aliphatic carbocycles. The standard InChI is InChI=1S/C16H27NO6/c1-6-7-16(8-9-18)11(19)10-17(12(16)13(20)22-5)14(21)23-15(2,3)4/h6,11-12,18-19H,1,7-10H2,2-5H3/t11-,12-,16+/m1/s1. The molecule has 23 heavy (non-hydrogen) atoms. The van der Waals surface area contributed by atoms with Gasteiger partial charge in [0.2, 0.25) is 0 Å². The molecule has 0 spiro atoms. The van der Waals surface area contributed by atoms with E-state index in [1.807, 2.05) is 0 Å². The highest BCUT2D eigenvalue weighted by atomic mass is 16.6. The van der Waals surface area contributed by atoms with Gasteiger partial charge in [-0.3, -0.25) is 4.90 Å². The number of esters is 1. The van der Waals surface area contributed by atoms with Gasteiger partial charge in [-0.25, -0.2) is 9.59 Å². The zero-order chi connectivity index (χ0) is 17.8. The fourth-order valence-corrected chi connectivity index (χ4v) is 3.07. The lowest BCUT2D eigenvalue weighted by atomic mass is 9.73. The molecule has 0 aromatic heterocycles. The van der Waals surface area contributed by atoms with Crippen LogP contribution in [-0.4, -0.2) is 65.2 Å². The third-order valence-electron chi connectivity index (χ3n) is 4.04. The van der Waals surface area contributed by atoms with Gasteiger partial charge in [0.15, 0.2) is 0 Å². The molecular weight excluding hydrogens is 302 g/mol. The van der Waals surface area contributed by atoms with E-state index in [0.29, 0.717) is 0 Å². The van der Waals surface area contributed by atoms with Gasteiger partial charge in [0.05, 0.1) is 19.8 Å². The summed E-state index contributed by atoms with van der Waals surface area (Å²) in [6.45, 7) is 8.51. The van der Waals surface area contributed by atoms with E-state index in [0.717, 1.165) is 0 Å². The number of carbonyl (C=O) groups is 2. The SMILES string of the molecule is C=CC[C@]1(CCO)[C@H](O)CN(C(=O)OC(C)(C)C)[C@@H]1C(=O)OC. The molecule has 3 atom stereocenters. The molecule has 1 aliphatic heterocycles. The predicted molar refractivity (Wildman–Crippen MR) is 83.7 cm³/mol. The van der Waals surface area contributed by atoms with Crippen LogP contribution in [0, 0.1) is 5.41 Å². The van der Waals surface area contributed by atoms with E-state index in [1.54, 1.807) is 26.8 Å². The maximum absolute atomic E-state index is 12.4. The molecule has 0 aromatic carbocycles. The Hall–Kier alpha value is -1.60. The quantitative estimate of drug-likeness (QED) is 0.579. The lowest BCUT2D eigenvalue weighted by Crippen LogP contribution is -2.51. The largest absolute Gasteiger partial charge is 0.467 e. The summed E-state index contributed by atoms with van der Waals surface area (Å²) in [5.74, 6) is -0.650. The fraction of sp³-hybridized carbons (Fsp3) is 0.750.